The summed E-state index contributed by atoms with van der Waals surface area (Å²) in [5, 5.41) is 9.19. The lowest BCUT2D eigenvalue weighted by molar-refractivity contribution is 0.0155. The van der Waals surface area contributed by atoms with Crippen LogP contribution in [0, 0.1) is 11.3 Å². The van der Waals surface area contributed by atoms with Gasteiger partial charge in [0.15, 0.2) is 0 Å². The molecule has 5 nitrogen and oxygen atoms in total. The van der Waals surface area contributed by atoms with E-state index in [9.17, 15) is 10.1 Å². The molecule has 1 aromatic carbocycles. The van der Waals surface area contributed by atoms with Crippen molar-refractivity contribution in [1.82, 2.24) is 4.90 Å². The van der Waals surface area contributed by atoms with E-state index in [4.69, 9.17) is 10.5 Å². The first kappa shape index (κ1) is 16.8. The van der Waals surface area contributed by atoms with Gasteiger partial charge in [-0.3, -0.25) is 0 Å². The highest BCUT2D eigenvalue weighted by molar-refractivity contribution is 5.68. The first-order valence-electron chi connectivity index (χ1n) is 8.52. The molecule has 128 valence electrons. The van der Waals surface area contributed by atoms with Gasteiger partial charge in [-0.05, 0) is 63.3 Å². The molecule has 3 rings (SSSR count). The molecule has 2 aliphatic rings. The molecule has 1 aliphatic carbocycles. The highest BCUT2D eigenvalue weighted by Gasteiger charge is 2.47. The van der Waals surface area contributed by atoms with E-state index in [2.05, 4.69) is 6.07 Å². The van der Waals surface area contributed by atoms with E-state index in [0.717, 1.165) is 19.3 Å². The summed E-state index contributed by atoms with van der Waals surface area (Å²) in [5.74, 6) is 0. The Hall–Kier alpha value is -2.06. The summed E-state index contributed by atoms with van der Waals surface area (Å²) in [5.41, 5.74) is 9.01. The molecule has 2 N–H and O–H groups in total. The Morgan fingerprint density at radius 1 is 1.38 bits per heavy atom. The molecule has 1 fully saturated rings. The molecular formula is C19H25N3O2. The predicted molar refractivity (Wildman–Crippen MR) is 91.6 cm³/mol. The maximum absolute atomic E-state index is 12.3. The standard InChI is InChI=1S/C19H25N3O2/c1-18(2,3)24-17(23)22-8-6-19(7-9-22)15-10-13(12-20)4-5-14(15)11-16(19)21/h4-5,10,16H,6-9,11,21H2,1-3H3/t16-/m0/s1. The van der Waals surface area contributed by atoms with Crippen molar-refractivity contribution in [3.8, 4) is 6.07 Å². The number of nitriles is 1. The Bertz CT molecular complexity index is 692. The number of piperidine rings is 1. The van der Waals surface area contributed by atoms with Gasteiger partial charge in [0.1, 0.15) is 5.60 Å². The first-order chi connectivity index (χ1) is 11.2. The van der Waals surface area contributed by atoms with Crippen LogP contribution < -0.4 is 5.73 Å². The lowest BCUT2D eigenvalue weighted by Crippen LogP contribution is -2.52. The van der Waals surface area contributed by atoms with Crippen molar-refractivity contribution in [3.63, 3.8) is 0 Å². The summed E-state index contributed by atoms with van der Waals surface area (Å²) >= 11 is 0. The zero-order valence-electron chi connectivity index (χ0n) is 14.6. The Balaban J connectivity index is 1.79. The zero-order valence-corrected chi connectivity index (χ0v) is 14.6. The second-order valence-corrected chi connectivity index (χ2v) is 7.92. The van der Waals surface area contributed by atoms with Crippen LogP contribution in [0.2, 0.25) is 0 Å². The summed E-state index contributed by atoms with van der Waals surface area (Å²) in [6.45, 7) is 6.91. The normalized spacial score (nSPS) is 22.1. The first-order valence-corrected chi connectivity index (χ1v) is 8.52. The smallest absolute Gasteiger partial charge is 0.410 e. The summed E-state index contributed by atoms with van der Waals surface area (Å²) in [6, 6.07) is 8.15. The largest absolute Gasteiger partial charge is 0.444 e. The number of nitrogens with zero attached hydrogens (tertiary/aromatic N) is 2. The molecule has 0 bridgehead atoms. The van der Waals surface area contributed by atoms with E-state index in [1.807, 2.05) is 39.0 Å². The van der Waals surface area contributed by atoms with Gasteiger partial charge in [-0.2, -0.15) is 5.26 Å². The molecule has 5 heteroatoms. The van der Waals surface area contributed by atoms with Crippen LogP contribution in [-0.2, 0) is 16.6 Å². The summed E-state index contributed by atoms with van der Waals surface area (Å²) in [4.78, 5) is 14.0. The third kappa shape index (κ3) is 2.87. The van der Waals surface area contributed by atoms with Gasteiger partial charge in [-0.1, -0.05) is 6.07 Å². The van der Waals surface area contributed by atoms with E-state index in [1.54, 1.807) is 4.90 Å². The molecule has 1 heterocycles. The Morgan fingerprint density at radius 3 is 2.62 bits per heavy atom. The fourth-order valence-corrected chi connectivity index (χ4v) is 3.97. The van der Waals surface area contributed by atoms with Gasteiger partial charge in [-0.15, -0.1) is 0 Å². The Kier molecular flexibility index (Phi) is 4.05. The van der Waals surface area contributed by atoms with Crippen molar-refractivity contribution >= 4 is 6.09 Å². The van der Waals surface area contributed by atoms with Crippen molar-refractivity contribution in [2.24, 2.45) is 5.73 Å². The van der Waals surface area contributed by atoms with Crippen molar-refractivity contribution in [3.05, 3.63) is 34.9 Å². The minimum atomic E-state index is -0.482. The number of fused-ring (bicyclic) bond motifs is 2. The van der Waals surface area contributed by atoms with Gasteiger partial charge in [0.2, 0.25) is 0 Å². The van der Waals surface area contributed by atoms with E-state index in [1.165, 1.54) is 11.1 Å². The molecule has 1 amide bonds. The van der Waals surface area contributed by atoms with Gasteiger partial charge in [0.05, 0.1) is 11.6 Å². The quantitative estimate of drug-likeness (QED) is 0.794. The number of hydrogen-bond acceptors (Lipinski definition) is 4. The van der Waals surface area contributed by atoms with E-state index in [0.29, 0.717) is 18.7 Å². The molecule has 0 radical (unpaired) electrons. The number of nitrogens with two attached hydrogens (primary N) is 1. The number of likely N-dealkylation sites (tertiary alicyclic amines) is 1. The number of rotatable bonds is 0. The SMILES string of the molecule is CC(C)(C)OC(=O)N1CCC2(CC1)c1cc(C#N)ccc1C[C@@H]2N. The number of hydrogen-bond donors (Lipinski definition) is 1. The third-order valence-corrected chi connectivity index (χ3v) is 5.23. The topological polar surface area (TPSA) is 79.3 Å². The molecule has 0 unspecified atom stereocenters. The van der Waals surface area contributed by atoms with Crippen LogP contribution in [0.25, 0.3) is 0 Å². The number of carbonyl (C=O) groups excluding carboxylic acids is 1. The maximum Gasteiger partial charge on any atom is 0.410 e. The fourth-order valence-electron chi connectivity index (χ4n) is 3.97. The highest BCUT2D eigenvalue weighted by Crippen LogP contribution is 2.46. The molecule has 1 aromatic rings. The average Bonchev–Trinajstić information content (AvgIpc) is 2.78. The van der Waals surface area contributed by atoms with Gasteiger partial charge >= 0.3 is 6.09 Å². The second-order valence-electron chi connectivity index (χ2n) is 7.92. The monoisotopic (exact) mass is 327 g/mol. The van der Waals surface area contributed by atoms with Crippen molar-refractivity contribution in [1.29, 1.82) is 5.26 Å². The van der Waals surface area contributed by atoms with Crippen LogP contribution in [0.1, 0.15) is 50.3 Å². The van der Waals surface area contributed by atoms with Crippen LogP contribution in [0.4, 0.5) is 4.79 Å². The lowest BCUT2D eigenvalue weighted by Gasteiger charge is -2.42. The number of benzene rings is 1. The summed E-state index contributed by atoms with van der Waals surface area (Å²) in [6.07, 6.45) is 2.22. The van der Waals surface area contributed by atoms with Crippen molar-refractivity contribution in [2.45, 2.75) is 57.1 Å². The molecular weight excluding hydrogens is 302 g/mol. The zero-order chi connectivity index (χ0) is 17.5. The van der Waals surface area contributed by atoms with Gasteiger partial charge < -0.3 is 15.4 Å². The number of amides is 1. The van der Waals surface area contributed by atoms with Crippen LogP contribution in [0.15, 0.2) is 18.2 Å². The average molecular weight is 327 g/mol. The number of carbonyl (C=O) groups is 1. The molecule has 0 aromatic heterocycles. The van der Waals surface area contributed by atoms with Crippen LogP contribution in [0.5, 0.6) is 0 Å². The van der Waals surface area contributed by atoms with Crippen molar-refractivity contribution in [2.75, 3.05) is 13.1 Å². The molecule has 1 aliphatic heterocycles. The van der Waals surface area contributed by atoms with Crippen molar-refractivity contribution < 1.29 is 9.53 Å². The Morgan fingerprint density at radius 2 is 2.04 bits per heavy atom. The molecule has 24 heavy (non-hydrogen) atoms. The minimum Gasteiger partial charge on any atom is -0.444 e. The lowest BCUT2D eigenvalue weighted by atomic mass is 9.71. The van der Waals surface area contributed by atoms with Gasteiger partial charge in [-0.25, -0.2) is 4.79 Å². The second kappa shape index (κ2) is 5.78. The van der Waals surface area contributed by atoms with E-state index in [-0.39, 0.29) is 17.6 Å². The molecule has 1 atom stereocenters. The van der Waals surface area contributed by atoms with Gasteiger partial charge in [0.25, 0.3) is 0 Å². The number of ether oxygens (including phenoxy) is 1. The van der Waals surface area contributed by atoms with E-state index < -0.39 is 5.60 Å². The van der Waals surface area contributed by atoms with E-state index >= 15 is 0 Å². The maximum atomic E-state index is 12.3. The van der Waals surface area contributed by atoms with Crippen LogP contribution >= 0.6 is 0 Å². The summed E-state index contributed by atoms with van der Waals surface area (Å²) in [7, 11) is 0. The highest BCUT2D eigenvalue weighted by atomic mass is 16.6. The Labute approximate surface area is 143 Å². The summed E-state index contributed by atoms with van der Waals surface area (Å²) < 4.78 is 5.47. The van der Waals surface area contributed by atoms with Crippen LogP contribution in [0.3, 0.4) is 0 Å². The minimum absolute atomic E-state index is 0.0437. The fraction of sp³-hybridized carbons (Fsp3) is 0.579. The van der Waals surface area contributed by atoms with Crippen LogP contribution in [-0.4, -0.2) is 35.7 Å². The predicted octanol–water partition coefficient (Wildman–Crippen LogP) is 2.71. The molecule has 1 spiro atoms. The molecule has 1 saturated heterocycles. The third-order valence-electron chi connectivity index (χ3n) is 5.23. The van der Waals surface area contributed by atoms with Gasteiger partial charge in [0, 0.05) is 24.5 Å². The molecule has 0 saturated carbocycles.